The van der Waals surface area contributed by atoms with Gasteiger partial charge in [-0.1, -0.05) is 72.8 Å². The van der Waals surface area contributed by atoms with Crippen molar-refractivity contribution in [2.75, 3.05) is 18.0 Å². The van der Waals surface area contributed by atoms with Crippen LogP contribution < -0.4 is 10.5 Å². The number of nitrogens with zero attached hydrogens (tertiary/aromatic N) is 3. The highest BCUT2D eigenvalue weighted by Crippen LogP contribution is 2.26. The molecule has 0 N–H and O–H groups in total. The fourth-order valence-electron chi connectivity index (χ4n) is 4.59. The van der Waals surface area contributed by atoms with Crippen LogP contribution >= 0.6 is 0 Å². The molecular formula is C27H27N3O. The first-order valence-corrected chi connectivity index (χ1v) is 11.1. The molecular weight excluding hydrogens is 382 g/mol. The highest BCUT2D eigenvalue weighted by Gasteiger charge is 2.24. The van der Waals surface area contributed by atoms with Gasteiger partial charge >= 0.3 is 0 Å². The maximum Gasteiger partial charge on any atom is 0.263 e. The van der Waals surface area contributed by atoms with E-state index in [1.54, 1.807) is 0 Å². The zero-order valence-electron chi connectivity index (χ0n) is 17.7. The van der Waals surface area contributed by atoms with E-state index in [0.29, 0.717) is 17.8 Å². The molecule has 0 unspecified atom stereocenters. The summed E-state index contributed by atoms with van der Waals surface area (Å²) >= 11 is 0. The maximum absolute atomic E-state index is 13.4. The van der Waals surface area contributed by atoms with E-state index in [1.807, 2.05) is 47.0 Å². The van der Waals surface area contributed by atoms with Gasteiger partial charge in [0.25, 0.3) is 5.56 Å². The molecule has 3 aromatic carbocycles. The molecule has 5 rings (SSSR count). The lowest BCUT2D eigenvalue weighted by Gasteiger charge is -2.34. The van der Waals surface area contributed by atoms with Gasteiger partial charge in [-0.05, 0) is 48.4 Å². The first-order chi connectivity index (χ1) is 15.3. The summed E-state index contributed by atoms with van der Waals surface area (Å²) in [5, 5.41) is 0.682. The van der Waals surface area contributed by atoms with E-state index in [9.17, 15) is 4.79 Å². The highest BCUT2D eigenvalue weighted by molar-refractivity contribution is 5.78. The molecule has 0 bridgehead atoms. The monoisotopic (exact) mass is 409 g/mol. The van der Waals surface area contributed by atoms with E-state index in [2.05, 4.69) is 47.4 Å². The van der Waals surface area contributed by atoms with Crippen LogP contribution in [0.1, 0.15) is 24.0 Å². The Kier molecular flexibility index (Phi) is 5.53. The Bertz CT molecular complexity index is 1210. The number of aromatic nitrogens is 2. The number of anilines is 1. The first kappa shape index (κ1) is 19.6. The average Bonchev–Trinajstić information content (AvgIpc) is 2.83. The third kappa shape index (κ3) is 4.24. The SMILES string of the molecule is O=c1c2ccccc2nc(N2CCC(Cc3ccccc3)CC2)n1Cc1ccccc1. The molecule has 2 heterocycles. The lowest BCUT2D eigenvalue weighted by atomic mass is 9.90. The lowest BCUT2D eigenvalue weighted by Crippen LogP contribution is -2.39. The Morgan fingerprint density at radius 2 is 1.39 bits per heavy atom. The quantitative estimate of drug-likeness (QED) is 0.470. The van der Waals surface area contributed by atoms with Gasteiger partial charge in [-0.3, -0.25) is 9.36 Å². The van der Waals surface area contributed by atoms with E-state index in [1.165, 1.54) is 5.56 Å². The van der Waals surface area contributed by atoms with Crippen LogP contribution in [-0.2, 0) is 13.0 Å². The third-order valence-corrected chi connectivity index (χ3v) is 6.29. The fourth-order valence-corrected chi connectivity index (χ4v) is 4.59. The molecule has 0 atom stereocenters. The second-order valence-electron chi connectivity index (χ2n) is 8.43. The zero-order chi connectivity index (χ0) is 21.0. The Morgan fingerprint density at radius 3 is 2.10 bits per heavy atom. The summed E-state index contributed by atoms with van der Waals surface area (Å²) in [6, 6.07) is 28.6. The van der Waals surface area contributed by atoms with Gasteiger partial charge in [0.1, 0.15) is 0 Å². The van der Waals surface area contributed by atoms with Crippen molar-refractivity contribution in [1.29, 1.82) is 0 Å². The van der Waals surface area contributed by atoms with E-state index < -0.39 is 0 Å². The third-order valence-electron chi connectivity index (χ3n) is 6.29. The van der Waals surface area contributed by atoms with Crippen LogP contribution in [0.3, 0.4) is 0 Å². The molecule has 0 radical (unpaired) electrons. The van der Waals surface area contributed by atoms with Crippen LogP contribution in [-0.4, -0.2) is 22.6 Å². The van der Waals surface area contributed by atoms with Crippen LogP contribution in [0.5, 0.6) is 0 Å². The fraction of sp³-hybridized carbons (Fsp3) is 0.259. The van der Waals surface area contributed by atoms with Gasteiger partial charge in [-0.25, -0.2) is 4.98 Å². The van der Waals surface area contributed by atoms with Crippen molar-refractivity contribution in [2.24, 2.45) is 5.92 Å². The van der Waals surface area contributed by atoms with Crippen LogP contribution in [0.2, 0.25) is 0 Å². The summed E-state index contributed by atoms with van der Waals surface area (Å²) in [6.07, 6.45) is 3.35. The van der Waals surface area contributed by atoms with Gasteiger partial charge in [-0.15, -0.1) is 0 Å². The molecule has 4 nitrogen and oxygen atoms in total. The zero-order valence-corrected chi connectivity index (χ0v) is 17.7. The second-order valence-corrected chi connectivity index (χ2v) is 8.43. The lowest BCUT2D eigenvalue weighted by molar-refractivity contribution is 0.397. The number of benzene rings is 3. The minimum absolute atomic E-state index is 0.0378. The van der Waals surface area contributed by atoms with Gasteiger partial charge in [0.15, 0.2) is 0 Å². The van der Waals surface area contributed by atoms with Crippen LogP contribution in [0.4, 0.5) is 5.95 Å². The summed E-state index contributed by atoms with van der Waals surface area (Å²) in [5.41, 5.74) is 3.33. The van der Waals surface area contributed by atoms with Gasteiger partial charge in [0, 0.05) is 13.1 Å². The van der Waals surface area contributed by atoms with Gasteiger partial charge in [0.05, 0.1) is 17.4 Å². The smallest absolute Gasteiger partial charge is 0.263 e. The topological polar surface area (TPSA) is 38.1 Å². The molecule has 156 valence electrons. The Hall–Kier alpha value is -3.40. The van der Waals surface area contributed by atoms with E-state index >= 15 is 0 Å². The van der Waals surface area contributed by atoms with Crippen LogP contribution in [0, 0.1) is 5.92 Å². The summed E-state index contributed by atoms with van der Waals surface area (Å²) in [7, 11) is 0. The van der Waals surface area contributed by atoms with Crippen molar-refractivity contribution in [3.05, 3.63) is 106 Å². The first-order valence-electron chi connectivity index (χ1n) is 11.1. The maximum atomic E-state index is 13.4. The molecule has 0 amide bonds. The molecule has 31 heavy (non-hydrogen) atoms. The summed E-state index contributed by atoms with van der Waals surface area (Å²) in [4.78, 5) is 20.7. The standard InChI is InChI=1S/C27H27N3O/c31-26-24-13-7-8-14-25(24)28-27(30(26)20-23-11-5-2-6-12-23)29-17-15-22(16-18-29)19-21-9-3-1-4-10-21/h1-14,22H,15-20H2. The number of fused-ring (bicyclic) bond motifs is 1. The molecule has 1 aromatic heterocycles. The Labute approximate surface area is 182 Å². The summed E-state index contributed by atoms with van der Waals surface area (Å²) in [5.74, 6) is 1.47. The number of piperidine rings is 1. The molecule has 1 fully saturated rings. The average molecular weight is 410 g/mol. The van der Waals surface area contributed by atoms with Gasteiger partial charge in [-0.2, -0.15) is 0 Å². The molecule has 4 heteroatoms. The van der Waals surface area contributed by atoms with E-state index in [0.717, 1.165) is 49.4 Å². The number of hydrogen-bond donors (Lipinski definition) is 0. The highest BCUT2D eigenvalue weighted by atomic mass is 16.1. The molecule has 0 aliphatic carbocycles. The normalized spacial score (nSPS) is 14.8. The van der Waals surface area contributed by atoms with Crippen molar-refractivity contribution in [3.63, 3.8) is 0 Å². The van der Waals surface area contributed by atoms with Crippen molar-refractivity contribution >= 4 is 16.9 Å². The van der Waals surface area contributed by atoms with E-state index in [4.69, 9.17) is 4.98 Å². The molecule has 0 saturated carbocycles. The molecule has 4 aromatic rings. The number of para-hydroxylation sites is 1. The predicted molar refractivity (Wildman–Crippen MR) is 127 cm³/mol. The van der Waals surface area contributed by atoms with Crippen molar-refractivity contribution in [1.82, 2.24) is 9.55 Å². The van der Waals surface area contributed by atoms with Crippen LogP contribution in [0.15, 0.2) is 89.7 Å². The molecule has 1 saturated heterocycles. The summed E-state index contributed by atoms with van der Waals surface area (Å²) in [6.45, 7) is 2.39. The molecule has 1 aliphatic heterocycles. The molecule has 0 spiro atoms. The summed E-state index contributed by atoms with van der Waals surface area (Å²) < 4.78 is 1.86. The van der Waals surface area contributed by atoms with Gasteiger partial charge in [0.2, 0.25) is 5.95 Å². The predicted octanol–water partition coefficient (Wildman–Crippen LogP) is 4.90. The number of hydrogen-bond acceptors (Lipinski definition) is 3. The van der Waals surface area contributed by atoms with Crippen LogP contribution in [0.25, 0.3) is 10.9 Å². The van der Waals surface area contributed by atoms with Crippen molar-refractivity contribution in [2.45, 2.75) is 25.8 Å². The van der Waals surface area contributed by atoms with Crippen molar-refractivity contribution in [3.8, 4) is 0 Å². The minimum atomic E-state index is 0.0378. The largest absolute Gasteiger partial charge is 0.342 e. The van der Waals surface area contributed by atoms with E-state index in [-0.39, 0.29) is 5.56 Å². The van der Waals surface area contributed by atoms with Crippen molar-refractivity contribution < 1.29 is 0 Å². The minimum Gasteiger partial charge on any atom is -0.342 e. The molecule has 1 aliphatic rings. The number of rotatable bonds is 5. The Morgan fingerprint density at radius 1 is 0.774 bits per heavy atom. The van der Waals surface area contributed by atoms with Gasteiger partial charge < -0.3 is 4.90 Å². The Balaban J connectivity index is 1.43. The second kappa shape index (κ2) is 8.76.